The largest absolute Gasteiger partial charge is 0.453 e. The van der Waals surface area contributed by atoms with Crippen molar-refractivity contribution in [2.75, 3.05) is 13.1 Å². The average molecular weight is 458 g/mol. The lowest BCUT2D eigenvalue weighted by atomic mass is 10.2. The Kier molecular flexibility index (Phi) is 7.55. The summed E-state index contributed by atoms with van der Waals surface area (Å²) in [6.07, 6.45) is 3.06. The minimum absolute atomic E-state index is 0.0439. The highest BCUT2D eigenvalue weighted by molar-refractivity contribution is 7.89. The van der Waals surface area contributed by atoms with Crippen molar-refractivity contribution < 1.29 is 22.3 Å². The molecule has 0 atom stereocenters. The standard InChI is InChI=1S/C23H24FN3O4S/c1-3-27(4-2)32(29,30)20-9-5-7-18(14-20)23(28)26-15-17-10-11-22(21(24)13-17)31-19-8-6-12-25-16-19/h5-14,16H,3-4,15H2,1-2H3,(H,26,28). The summed E-state index contributed by atoms with van der Waals surface area (Å²) in [7, 11) is -3.68. The van der Waals surface area contributed by atoms with E-state index in [1.165, 1.54) is 46.9 Å². The van der Waals surface area contributed by atoms with Crippen LogP contribution in [0, 0.1) is 5.82 Å². The number of hydrogen-bond acceptors (Lipinski definition) is 5. The van der Waals surface area contributed by atoms with Gasteiger partial charge in [-0.3, -0.25) is 9.78 Å². The van der Waals surface area contributed by atoms with Crippen molar-refractivity contribution in [3.8, 4) is 11.5 Å². The molecule has 0 bridgehead atoms. The molecule has 0 fully saturated rings. The molecular weight excluding hydrogens is 433 g/mol. The van der Waals surface area contributed by atoms with E-state index in [2.05, 4.69) is 10.3 Å². The number of benzene rings is 2. The molecule has 168 valence electrons. The van der Waals surface area contributed by atoms with Gasteiger partial charge in [-0.1, -0.05) is 26.0 Å². The van der Waals surface area contributed by atoms with Crippen LogP contribution in [0.25, 0.3) is 0 Å². The van der Waals surface area contributed by atoms with E-state index in [0.717, 1.165) is 0 Å². The van der Waals surface area contributed by atoms with Gasteiger partial charge >= 0.3 is 0 Å². The Bertz CT molecular complexity index is 1180. The number of carbonyl (C=O) groups excluding carboxylic acids is 1. The van der Waals surface area contributed by atoms with Crippen LogP contribution in [0.2, 0.25) is 0 Å². The zero-order valence-electron chi connectivity index (χ0n) is 17.8. The highest BCUT2D eigenvalue weighted by atomic mass is 32.2. The fraction of sp³-hybridized carbons (Fsp3) is 0.217. The molecule has 0 spiro atoms. The smallest absolute Gasteiger partial charge is 0.251 e. The number of nitrogens with zero attached hydrogens (tertiary/aromatic N) is 2. The summed E-state index contributed by atoms with van der Waals surface area (Å²) in [5, 5.41) is 2.68. The summed E-state index contributed by atoms with van der Waals surface area (Å²) >= 11 is 0. The third-order valence-electron chi connectivity index (χ3n) is 4.75. The van der Waals surface area contributed by atoms with E-state index < -0.39 is 21.7 Å². The maximum absolute atomic E-state index is 14.4. The summed E-state index contributed by atoms with van der Waals surface area (Å²) in [6.45, 7) is 4.24. The molecule has 1 heterocycles. The first-order valence-electron chi connectivity index (χ1n) is 10.1. The van der Waals surface area contributed by atoms with Crippen LogP contribution in [0.1, 0.15) is 29.8 Å². The molecule has 0 aliphatic carbocycles. The fourth-order valence-electron chi connectivity index (χ4n) is 3.07. The molecule has 0 saturated heterocycles. The second kappa shape index (κ2) is 10.3. The van der Waals surface area contributed by atoms with E-state index in [-0.39, 0.29) is 22.8 Å². The first kappa shape index (κ1) is 23.4. The predicted octanol–water partition coefficient (Wildman–Crippen LogP) is 3.97. The fourth-order valence-corrected chi connectivity index (χ4v) is 4.57. The second-order valence-corrected chi connectivity index (χ2v) is 8.79. The Morgan fingerprint density at radius 1 is 1.09 bits per heavy atom. The molecule has 3 aromatic rings. The Morgan fingerprint density at radius 3 is 2.53 bits per heavy atom. The summed E-state index contributed by atoms with van der Waals surface area (Å²) in [6, 6.07) is 13.6. The third-order valence-corrected chi connectivity index (χ3v) is 6.80. The highest BCUT2D eigenvalue weighted by Crippen LogP contribution is 2.24. The van der Waals surface area contributed by atoms with Crippen LogP contribution >= 0.6 is 0 Å². The number of amides is 1. The molecule has 0 radical (unpaired) electrons. The van der Waals surface area contributed by atoms with Crippen LogP contribution in [-0.4, -0.2) is 36.7 Å². The van der Waals surface area contributed by atoms with Crippen molar-refractivity contribution in [1.82, 2.24) is 14.6 Å². The molecule has 0 saturated carbocycles. The molecular formula is C23H24FN3O4S. The minimum atomic E-state index is -3.68. The number of carbonyl (C=O) groups is 1. The van der Waals surface area contributed by atoms with Crippen LogP contribution < -0.4 is 10.1 Å². The second-order valence-electron chi connectivity index (χ2n) is 6.86. The molecule has 0 unspecified atom stereocenters. The molecule has 32 heavy (non-hydrogen) atoms. The molecule has 7 nitrogen and oxygen atoms in total. The van der Waals surface area contributed by atoms with Gasteiger partial charge < -0.3 is 10.1 Å². The summed E-state index contributed by atoms with van der Waals surface area (Å²) in [4.78, 5) is 16.5. The number of ether oxygens (including phenoxy) is 1. The van der Waals surface area contributed by atoms with Gasteiger partial charge in [0.1, 0.15) is 5.75 Å². The van der Waals surface area contributed by atoms with E-state index in [4.69, 9.17) is 4.74 Å². The summed E-state index contributed by atoms with van der Waals surface area (Å²) < 4.78 is 46.5. The molecule has 9 heteroatoms. The lowest BCUT2D eigenvalue weighted by Crippen LogP contribution is -2.31. The van der Waals surface area contributed by atoms with Gasteiger partial charge in [-0.2, -0.15) is 4.31 Å². The van der Waals surface area contributed by atoms with E-state index in [0.29, 0.717) is 24.4 Å². The minimum Gasteiger partial charge on any atom is -0.453 e. The van der Waals surface area contributed by atoms with Crippen molar-refractivity contribution in [3.63, 3.8) is 0 Å². The number of aromatic nitrogens is 1. The number of hydrogen-bond donors (Lipinski definition) is 1. The Labute approximate surface area is 186 Å². The first-order valence-corrected chi connectivity index (χ1v) is 11.5. The maximum Gasteiger partial charge on any atom is 0.251 e. The molecule has 1 amide bonds. The Hall–Kier alpha value is -3.30. The van der Waals surface area contributed by atoms with Crippen LogP contribution in [0.3, 0.4) is 0 Å². The van der Waals surface area contributed by atoms with E-state index in [1.807, 2.05) is 0 Å². The normalized spacial score (nSPS) is 11.4. The van der Waals surface area contributed by atoms with Crippen molar-refractivity contribution in [2.24, 2.45) is 0 Å². The van der Waals surface area contributed by atoms with Crippen LogP contribution in [0.5, 0.6) is 11.5 Å². The summed E-state index contributed by atoms with van der Waals surface area (Å²) in [5.74, 6) is -0.583. The number of rotatable bonds is 9. The van der Waals surface area contributed by atoms with Crippen molar-refractivity contribution in [3.05, 3.63) is 83.9 Å². The monoisotopic (exact) mass is 457 g/mol. The Balaban J connectivity index is 1.68. The molecule has 0 aliphatic heterocycles. The van der Waals surface area contributed by atoms with Crippen molar-refractivity contribution in [2.45, 2.75) is 25.3 Å². The predicted molar refractivity (Wildman–Crippen MR) is 118 cm³/mol. The van der Waals surface area contributed by atoms with Crippen molar-refractivity contribution in [1.29, 1.82) is 0 Å². The van der Waals surface area contributed by atoms with Gasteiger partial charge in [0.05, 0.1) is 11.1 Å². The van der Waals surface area contributed by atoms with Gasteiger partial charge in [0.25, 0.3) is 5.91 Å². The topological polar surface area (TPSA) is 88.6 Å². The van der Waals surface area contributed by atoms with E-state index >= 15 is 0 Å². The molecule has 2 aromatic carbocycles. The van der Waals surface area contributed by atoms with Gasteiger partial charge in [0, 0.05) is 31.4 Å². The van der Waals surface area contributed by atoms with Crippen LogP contribution in [-0.2, 0) is 16.6 Å². The summed E-state index contributed by atoms with van der Waals surface area (Å²) in [5.41, 5.74) is 0.733. The third kappa shape index (κ3) is 5.49. The highest BCUT2D eigenvalue weighted by Gasteiger charge is 2.22. The molecule has 1 N–H and O–H groups in total. The maximum atomic E-state index is 14.4. The lowest BCUT2D eigenvalue weighted by molar-refractivity contribution is 0.0950. The zero-order valence-corrected chi connectivity index (χ0v) is 18.6. The van der Waals surface area contributed by atoms with Crippen molar-refractivity contribution >= 4 is 15.9 Å². The van der Waals surface area contributed by atoms with Gasteiger partial charge in [0.2, 0.25) is 10.0 Å². The van der Waals surface area contributed by atoms with E-state index in [9.17, 15) is 17.6 Å². The number of nitrogens with one attached hydrogen (secondary N) is 1. The first-order chi connectivity index (χ1) is 15.3. The van der Waals surface area contributed by atoms with Gasteiger partial charge in [-0.15, -0.1) is 0 Å². The van der Waals surface area contributed by atoms with Gasteiger partial charge in [0.15, 0.2) is 11.6 Å². The van der Waals surface area contributed by atoms with Gasteiger partial charge in [-0.05, 0) is 48.0 Å². The number of pyridine rings is 1. The average Bonchev–Trinajstić information content (AvgIpc) is 2.80. The van der Waals surface area contributed by atoms with Crippen LogP contribution in [0.4, 0.5) is 4.39 Å². The zero-order chi connectivity index (χ0) is 23.1. The molecule has 1 aromatic heterocycles. The quantitative estimate of drug-likeness (QED) is 0.525. The molecule has 0 aliphatic rings. The van der Waals surface area contributed by atoms with Crippen LogP contribution in [0.15, 0.2) is 71.9 Å². The van der Waals surface area contributed by atoms with E-state index in [1.54, 1.807) is 38.2 Å². The van der Waals surface area contributed by atoms with Gasteiger partial charge in [-0.25, -0.2) is 12.8 Å². The lowest BCUT2D eigenvalue weighted by Gasteiger charge is -2.18. The number of halogens is 1. The molecule has 3 rings (SSSR count). The number of sulfonamides is 1. The SMILES string of the molecule is CCN(CC)S(=O)(=O)c1cccc(C(=O)NCc2ccc(Oc3cccnc3)c(F)c2)c1. The Morgan fingerprint density at radius 2 is 1.88 bits per heavy atom.